The smallest absolute Gasteiger partial charge is 0.0173 e. The molecule has 0 aromatic heterocycles. The van der Waals surface area contributed by atoms with Crippen molar-refractivity contribution < 1.29 is 0 Å². The molecule has 0 bridgehead atoms. The van der Waals surface area contributed by atoms with Gasteiger partial charge in [0.2, 0.25) is 0 Å². The van der Waals surface area contributed by atoms with Crippen LogP contribution in [0.25, 0.3) is 0 Å². The first kappa shape index (κ1) is 12.0. The average molecular weight is 171 g/mol. The summed E-state index contributed by atoms with van der Waals surface area (Å²) in [7, 11) is 0. The van der Waals surface area contributed by atoms with Gasteiger partial charge in [-0.3, -0.25) is 0 Å². The highest BCUT2D eigenvalue weighted by Gasteiger charge is 2.22. The summed E-state index contributed by atoms with van der Waals surface area (Å²) in [5, 5.41) is 3.68. The summed E-state index contributed by atoms with van der Waals surface area (Å²) in [4.78, 5) is 0. The number of nitrogens with one attached hydrogen (secondary N) is 1. The molecule has 0 unspecified atom stereocenters. The van der Waals surface area contributed by atoms with Gasteiger partial charge in [0.1, 0.15) is 0 Å². The Morgan fingerprint density at radius 1 is 1.00 bits per heavy atom. The summed E-state index contributed by atoms with van der Waals surface area (Å²) in [6.45, 7) is 12.5. The second-order valence-electron chi connectivity index (χ2n) is 4.12. The van der Waals surface area contributed by atoms with E-state index in [0.29, 0.717) is 5.54 Å². The average Bonchev–Trinajstić information content (AvgIpc) is 2.08. The number of hydrogen-bond acceptors (Lipinski definition) is 1. The Morgan fingerprint density at radius 3 is 1.67 bits per heavy atom. The van der Waals surface area contributed by atoms with Crippen LogP contribution in [0.1, 0.15) is 53.9 Å². The van der Waals surface area contributed by atoms with Gasteiger partial charge in [-0.15, -0.1) is 0 Å². The van der Waals surface area contributed by atoms with E-state index >= 15 is 0 Å². The SMILES string of the molecule is CCC(CC)(CC)NCC(C)C. The van der Waals surface area contributed by atoms with Crippen molar-refractivity contribution in [3.05, 3.63) is 0 Å². The highest BCUT2D eigenvalue weighted by molar-refractivity contribution is 4.83. The summed E-state index contributed by atoms with van der Waals surface area (Å²) in [6.07, 6.45) is 3.73. The van der Waals surface area contributed by atoms with Crippen molar-refractivity contribution >= 4 is 0 Å². The Morgan fingerprint density at radius 2 is 1.42 bits per heavy atom. The van der Waals surface area contributed by atoms with Gasteiger partial charge in [-0.25, -0.2) is 0 Å². The largest absolute Gasteiger partial charge is 0.311 e. The lowest BCUT2D eigenvalue weighted by Crippen LogP contribution is -2.45. The Labute approximate surface area is 77.9 Å². The molecule has 0 saturated heterocycles. The van der Waals surface area contributed by atoms with E-state index in [4.69, 9.17) is 0 Å². The first-order valence-electron chi connectivity index (χ1n) is 5.35. The molecule has 0 aliphatic rings. The molecule has 0 rings (SSSR count). The summed E-state index contributed by atoms with van der Waals surface area (Å²) < 4.78 is 0. The van der Waals surface area contributed by atoms with Gasteiger partial charge in [-0.1, -0.05) is 34.6 Å². The highest BCUT2D eigenvalue weighted by Crippen LogP contribution is 2.19. The monoisotopic (exact) mass is 171 g/mol. The van der Waals surface area contributed by atoms with E-state index in [1.165, 1.54) is 19.3 Å². The molecular weight excluding hydrogens is 146 g/mol. The van der Waals surface area contributed by atoms with Crippen LogP contribution in [0.5, 0.6) is 0 Å². The zero-order valence-corrected chi connectivity index (χ0v) is 9.41. The molecule has 12 heavy (non-hydrogen) atoms. The predicted molar refractivity (Wildman–Crippen MR) is 56.4 cm³/mol. The van der Waals surface area contributed by atoms with E-state index in [0.717, 1.165) is 12.5 Å². The van der Waals surface area contributed by atoms with Crippen LogP contribution in [0.3, 0.4) is 0 Å². The number of hydrogen-bond donors (Lipinski definition) is 1. The van der Waals surface area contributed by atoms with E-state index in [-0.39, 0.29) is 0 Å². The predicted octanol–water partition coefficient (Wildman–Crippen LogP) is 3.20. The molecule has 74 valence electrons. The molecule has 0 aromatic carbocycles. The highest BCUT2D eigenvalue weighted by atomic mass is 15.0. The first-order valence-corrected chi connectivity index (χ1v) is 5.35. The summed E-state index contributed by atoms with van der Waals surface area (Å²) in [5.41, 5.74) is 0.407. The molecule has 0 spiro atoms. The summed E-state index contributed by atoms with van der Waals surface area (Å²) in [5.74, 6) is 0.758. The Kier molecular flexibility index (Phi) is 5.56. The lowest BCUT2D eigenvalue weighted by Gasteiger charge is -2.32. The quantitative estimate of drug-likeness (QED) is 0.647. The van der Waals surface area contributed by atoms with Gasteiger partial charge in [0.25, 0.3) is 0 Å². The molecule has 0 radical (unpaired) electrons. The van der Waals surface area contributed by atoms with Crippen molar-refractivity contribution in [1.29, 1.82) is 0 Å². The Balaban J connectivity index is 3.93. The third-order valence-electron chi connectivity index (χ3n) is 2.92. The molecule has 1 heteroatoms. The van der Waals surface area contributed by atoms with E-state index in [9.17, 15) is 0 Å². The molecule has 1 nitrogen and oxygen atoms in total. The third kappa shape index (κ3) is 3.57. The molecular formula is C11H25N. The van der Waals surface area contributed by atoms with Gasteiger partial charge in [-0.05, 0) is 31.7 Å². The minimum atomic E-state index is 0.407. The zero-order chi connectivity index (χ0) is 9.61. The van der Waals surface area contributed by atoms with Crippen molar-refractivity contribution in [3.8, 4) is 0 Å². The van der Waals surface area contributed by atoms with Crippen molar-refractivity contribution in [3.63, 3.8) is 0 Å². The van der Waals surface area contributed by atoms with Gasteiger partial charge in [0.05, 0.1) is 0 Å². The lowest BCUT2D eigenvalue weighted by atomic mass is 9.89. The standard InChI is InChI=1S/C11H25N/c1-6-11(7-2,8-3)12-9-10(4)5/h10,12H,6-9H2,1-5H3. The van der Waals surface area contributed by atoms with Crippen LogP contribution < -0.4 is 5.32 Å². The normalized spacial score (nSPS) is 12.5. The van der Waals surface area contributed by atoms with Crippen LogP contribution in [-0.2, 0) is 0 Å². The van der Waals surface area contributed by atoms with Crippen LogP contribution in [0, 0.1) is 5.92 Å². The lowest BCUT2D eigenvalue weighted by molar-refractivity contribution is 0.277. The van der Waals surface area contributed by atoms with Gasteiger partial charge in [-0.2, -0.15) is 0 Å². The van der Waals surface area contributed by atoms with Crippen LogP contribution >= 0.6 is 0 Å². The Hall–Kier alpha value is -0.0400. The van der Waals surface area contributed by atoms with Gasteiger partial charge in [0.15, 0.2) is 0 Å². The summed E-state index contributed by atoms with van der Waals surface area (Å²) >= 11 is 0. The van der Waals surface area contributed by atoms with Crippen molar-refractivity contribution in [2.45, 2.75) is 59.4 Å². The molecule has 0 aromatic rings. The third-order valence-corrected chi connectivity index (χ3v) is 2.92. The zero-order valence-electron chi connectivity index (χ0n) is 9.41. The van der Waals surface area contributed by atoms with E-state index in [1.54, 1.807) is 0 Å². The molecule has 1 N–H and O–H groups in total. The molecule has 0 atom stereocenters. The molecule has 0 saturated carbocycles. The van der Waals surface area contributed by atoms with E-state index in [2.05, 4.69) is 39.9 Å². The fourth-order valence-corrected chi connectivity index (χ4v) is 1.55. The van der Waals surface area contributed by atoms with Crippen LogP contribution in [-0.4, -0.2) is 12.1 Å². The van der Waals surface area contributed by atoms with Crippen molar-refractivity contribution in [1.82, 2.24) is 5.32 Å². The molecule has 0 fully saturated rings. The summed E-state index contributed by atoms with van der Waals surface area (Å²) in [6, 6.07) is 0. The fourth-order valence-electron chi connectivity index (χ4n) is 1.55. The van der Waals surface area contributed by atoms with Crippen LogP contribution in [0.15, 0.2) is 0 Å². The maximum Gasteiger partial charge on any atom is 0.0173 e. The molecule has 0 amide bonds. The maximum atomic E-state index is 3.68. The minimum absolute atomic E-state index is 0.407. The second kappa shape index (κ2) is 5.58. The van der Waals surface area contributed by atoms with E-state index in [1.807, 2.05) is 0 Å². The van der Waals surface area contributed by atoms with Crippen LogP contribution in [0.2, 0.25) is 0 Å². The first-order chi connectivity index (χ1) is 5.60. The van der Waals surface area contributed by atoms with Gasteiger partial charge >= 0.3 is 0 Å². The van der Waals surface area contributed by atoms with E-state index < -0.39 is 0 Å². The van der Waals surface area contributed by atoms with Crippen molar-refractivity contribution in [2.75, 3.05) is 6.54 Å². The van der Waals surface area contributed by atoms with Gasteiger partial charge in [0, 0.05) is 5.54 Å². The maximum absolute atomic E-state index is 3.68. The number of rotatable bonds is 6. The fraction of sp³-hybridized carbons (Fsp3) is 1.00. The molecule has 0 aliphatic carbocycles. The van der Waals surface area contributed by atoms with Gasteiger partial charge < -0.3 is 5.32 Å². The molecule has 0 aliphatic heterocycles. The second-order valence-corrected chi connectivity index (χ2v) is 4.12. The topological polar surface area (TPSA) is 12.0 Å². The van der Waals surface area contributed by atoms with Crippen LogP contribution in [0.4, 0.5) is 0 Å². The minimum Gasteiger partial charge on any atom is -0.311 e. The molecule has 0 heterocycles. The van der Waals surface area contributed by atoms with Crippen molar-refractivity contribution in [2.24, 2.45) is 5.92 Å². The Bertz CT molecular complexity index is 95.3.